The molecule has 1 aromatic carbocycles. The largest absolute Gasteiger partial charge is 0.334 e. The maximum Gasteiger partial charge on any atom is 0.318 e. The fourth-order valence-electron chi connectivity index (χ4n) is 2.99. The summed E-state index contributed by atoms with van der Waals surface area (Å²) in [5, 5.41) is 7.03. The van der Waals surface area contributed by atoms with E-state index < -0.39 is 0 Å². The molecule has 0 radical (unpaired) electrons. The Labute approximate surface area is 134 Å². The molecule has 2 amide bonds. The Morgan fingerprint density at radius 3 is 2.91 bits per heavy atom. The first-order chi connectivity index (χ1) is 11.1. The smallest absolute Gasteiger partial charge is 0.318 e. The molecule has 1 fully saturated rings. The summed E-state index contributed by atoms with van der Waals surface area (Å²) in [4.78, 5) is 18.2. The van der Waals surface area contributed by atoms with Crippen molar-refractivity contribution in [1.29, 1.82) is 0 Å². The molecule has 1 aliphatic rings. The number of carbonyl (C=O) groups is 1. The molecule has 6 nitrogen and oxygen atoms in total. The van der Waals surface area contributed by atoms with Crippen molar-refractivity contribution < 1.29 is 9.18 Å². The van der Waals surface area contributed by atoms with Crippen LogP contribution in [-0.4, -0.2) is 38.3 Å². The van der Waals surface area contributed by atoms with Gasteiger partial charge in [0.1, 0.15) is 18.5 Å². The van der Waals surface area contributed by atoms with Gasteiger partial charge in [0.15, 0.2) is 0 Å². The molecule has 122 valence electrons. The number of nitrogens with zero attached hydrogens (tertiary/aromatic N) is 4. The number of halogens is 1. The minimum atomic E-state index is -0.260. The Kier molecular flexibility index (Phi) is 4.55. The third-order valence-corrected chi connectivity index (χ3v) is 4.07. The number of carbonyl (C=O) groups excluding carboxylic acids is 1. The van der Waals surface area contributed by atoms with Gasteiger partial charge in [-0.3, -0.25) is 4.68 Å². The number of aromatic nitrogens is 3. The molecular formula is C16H20FN5O. The summed E-state index contributed by atoms with van der Waals surface area (Å²) < 4.78 is 14.8. The molecule has 0 aliphatic carbocycles. The van der Waals surface area contributed by atoms with Crippen molar-refractivity contribution in [3.8, 4) is 0 Å². The zero-order chi connectivity index (χ0) is 16.2. The van der Waals surface area contributed by atoms with Crippen LogP contribution in [-0.2, 0) is 6.54 Å². The number of rotatable bonds is 4. The zero-order valence-electron chi connectivity index (χ0n) is 13.0. The standard InChI is InChI=1S/C16H20FN5O/c1-12(9-21-11-18-10-19-21)20-16(23)22-8-2-3-15(22)13-4-6-14(17)7-5-13/h4-7,10-12,15H,2-3,8-9H2,1H3,(H,20,23). The van der Waals surface area contributed by atoms with Gasteiger partial charge >= 0.3 is 6.03 Å². The van der Waals surface area contributed by atoms with Crippen LogP contribution >= 0.6 is 0 Å². The molecule has 1 N–H and O–H groups in total. The predicted molar refractivity (Wildman–Crippen MR) is 83.1 cm³/mol. The van der Waals surface area contributed by atoms with Crippen molar-refractivity contribution in [1.82, 2.24) is 25.0 Å². The highest BCUT2D eigenvalue weighted by atomic mass is 19.1. The molecule has 7 heteroatoms. The lowest BCUT2D eigenvalue weighted by Gasteiger charge is -2.27. The van der Waals surface area contributed by atoms with Crippen LogP contribution in [0.3, 0.4) is 0 Å². The fraction of sp³-hybridized carbons (Fsp3) is 0.438. The van der Waals surface area contributed by atoms with Crippen LogP contribution in [0, 0.1) is 5.82 Å². The number of hydrogen-bond acceptors (Lipinski definition) is 3. The van der Waals surface area contributed by atoms with Crippen molar-refractivity contribution in [3.63, 3.8) is 0 Å². The Morgan fingerprint density at radius 1 is 1.43 bits per heavy atom. The summed E-state index contributed by atoms with van der Waals surface area (Å²) in [6.45, 7) is 3.22. The number of likely N-dealkylation sites (tertiary alicyclic amines) is 1. The van der Waals surface area contributed by atoms with Crippen LogP contribution in [0.5, 0.6) is 0 Å². The average Bonchev–Trinajstić information content (AvgIpc) is 3.19. The van der Waals surface area contributed by atoms with E-state index in [1.807, 2.05) is 11.8 Å². The molecule has 2 unspecified atom stereocenters. The Balaban J connectivity index is 1.62. The predicted octanol–water partition coefficient (Wildman–Crippen LogP) is 2.35. The second-order valence-electron chi connectivity index (χ2n) is 5.87. The highest BCUT2D eigenvalue weighted by Gasteiger charge is 2.30. The first-order valence-electron chi connectivity index (χ1n) is 7.78. The number of benzene rings is 1. The van der Waals surface area contributed by atoms with E-state index in [4.69, 9.17) is 0 Å². The molecule has 2 aromatic rings. The van der Waals surface area contributed by atoms with Gasteiger partial charge in [0.2, 0.25) is 0 Å². The molecule has 2 atom stereocenters. The molecule has 0 saturated carbocycles. The van der Waals surface area contributed by atoms with Crippen molar-refractivity contribution in [2.24, 2.45) is 0 Å². The summed E-state index contributed by atoms with van der Waals surface area (Å²) >= 11 is 0. The quantitative estimate of drug-likeness (QED) is 0.941. The number of nitrogens with one attached hydrogen (secondary N) is 1. The Bertz CT molecular complexity index is 643. The van der Waals surface area contributed by atoms with E-state index in [1.165, 1.54) is 18.5 Å². The van der Waals surface area contributed by atoms with Crippen LogP contribution < -0.4 is 5.32 Å². The van der Waals surface area contributed by atoms with Gasteiger partial charge in [0, 0.05) is 12.6 Å². The van der Waals surface area contributed by atoms with E-state index in [0.29, 0.717) is 13.1 Å². The third kappa shape index (κ3) is 3.67. The van der Waals surface area contributed by atoms with Crippen LogP contribution in [0.4, 0.5) is 9.18 Å². The second kappa shape index (κ2) is 6.76. The lowest BCUT2D eigenvalue weighted by Crippen LogP contribution is -2.44. The molecule has 0 bridgehead atoms. The SMILES string of the molecule is CC(Cn1cncn1)NC(=O)N1CCCC1c1ccc(F)cc1. The first kappa shape index (κ1) is 15.5. The van der Waals surface area contributed by atoms with Crippen LogP contribution in [0.1, 0.15) is 31.4 Å². The average molecular weight is 317 g/mol. The number of amides is 2. The van der Waals surface area contributed by atoms with Gasteiger partial charge in [-0.25, -0.2) is 14.2 Å². The van der Waals surface area contributed by atoms with Crippen molar-refractivity contribution in [2.75, 3.05) is 6.54 Å². The van der Waals surface area contributed by atoms with Gasteiger partial charge in [-0.2, -0.15) is 5.10 Å². The number of urea groups is 1. The van der Waals surface area contributed by atoms with Crippen LogP contribution in [0.2, 0.25) is 0 Å². The Morgan fingerprint density at radius 2 is 2.22 bits per heavy atom. The first-order valence-corrected chi connectivity index (χ1v) is 7.78. The minimum absolute atomic E-state index is 0.00849. The maximum atomic E-state index is 13.1. The van der Waals surface area contributed by atoms with Gasteiger partial charge in [-0.05, 0) is 37.5 Å². The van der Waals surface area contributed by atoms with Gasteiger partial charge in [-0.15, -0.1) is 0 Å². The lowest BCUT2D eigenvalue weighted by atomic mass is 10.0. The highest BCUT2D eigenvalue weighted by molar-refractivity contribution is 5.75. The Hall–Kier alpha value is -2.44. The molecule has 3 rings (SSSR count). The molecule has 1 saturated heterocycles. The molecule has 1 aliphatic heterocycles. The molecule has 0 spiro atoms. The summed E-state index contributed by atoms with van der Waals surface area (Å²) in [5.41, 5.74) is 0.975. The third-order valence-electron chi connectivity index (χ3n) is 4.07. The zero-order valence-corrected chi connectivity index (χ0v) is 13.0. The van der Waals surface area contributed by atoms with Crippen LogP contribution in [0.15, 0.2) is 36.9 Å². The lowest BCUT2D eigenvalue weighted by molar-refractivity contribution is 0.188. The molecular weight excluding hydrogens is 297 g/mol. The van der Waals surface area contributed by atoms with E-state index in [-0.39, 0.29) is 23.9 Å². The summed E-state index contributed by atoms with van der Waals surface area (Å²) in [5.74, 6) is -0.260. The normalized spacial score (nSPS) is 18.9. The van der Waals surface area contributed by atoms with Gasteiger partial charge in [0.25, 0.3) is 0 Å². The summed E-state index contributed by atoms with van der Waals surface area (Å²) in [6, 6.07) is 6.25. The van der Waals surface area contributed by atoms with E-state index >= 15 is 0 Å². The number of hydrogen-bond donors (Lipinski definition) is 1. The van der Waals surface area contributed by atoms with E-state index in [9.17, 15) is 9.18 Å². The van der Waals surface area contributed by atoms with Gasteiger partial charge < -0.3 is 10.2 Å². The monoisotopic (exact) mass is 317 g/mol. The van der Waals surface area contributed by atoms with E-state index in [0.717, 1.165) is 18.4 Å². The molecule has 1 aromatic heterocycles. The van der Waals surface area contributed by atoms with Crippen LogP contribution in [0.25, 0.3) is 0 Å². The van der Waals surface area contributed by atoms with E-state index in [1.54, 1.807) is 23.1 Å². The maximum absolute atomic E-state index is 13.1. The second-order valence-corrected chi connectivity index (χ2v) is 5.87. The van der Waals surface area contributed by atoms with Crippen molar-refractivity contribution in [3.05, 3.63) is 48.3 Å². The minimum Gasteiger partial charge on any atom is -0.334 e. The van der Waals surface area contributed by atoms with Gasteiger partial charge in [-0.1, -0.05) is 12.1 Å². The van der Waals surface area contributed by atoms with Crippen molar-refractivity contribution in [2.45, 2.75) is 38.4 Å². The van der Waals surface area contributed by atoms with E-state index in [2.05, 4.69) is 15.4 Å². The molecule has 23 heavy (non-hydrogen) atoms. The van der Waals surface area contributed by atoms with Gasteiger partial charge in [0.05, 0.1) is 12.6 Å². The summed E-state index contributed by atoms with van der Waals surface area (Å²) in [7, 11) is 0. The topological polar surface area (TPSA) is 63.1 Å². The highest BCUT2D eigenvalue weighted by Crippen LogP contribution is 2.31. The molecule has 2 heterocycles. The fourth-order valence-corrected chi connectivity index (χ4v) is 2.99. The summed E-state index contributed by atoms with van der Waals surface area (Å²) in [6.07, 6.45) is 4.95. The van der Waals surface area contributed by atoms with Crippen molar-refractivity contribution >= 4 is 6.03 Å².